The van der Waals surface area contributed by atoms with Gasteiger partial charge in [-0.05, 0) is 83.5 Å². The number of carbonyl (C=O) groups excluding carboxylic acids is 2. The van der Waals surface area contributed by atoms with E-state index in [9.17, 15) is 14.2 Å². The van der Waals surface area contributed by atoms with Crippen molar-refractivity contribution in [3.8, 4) is 0 Å². The summed E-state index contributed by atoms with van der Waals surface area (Å²) in [7, 11) is -4.78. The van der Waals surface area contributed by atoms with Crippen LogP contribution in [0.3, 0.4) is 0 Å². The Bertz CT molecular complexity index is 1140. The third kappa shape index (κ3) is 35.8. The van der Waals surface area contributed by atoms with Crippen molar-refractivity contribution in [1.29, 1.82) is 0 Å². The van der Waals surface area contributed by atoms with Gasteiger partial charge in [0.05, 0.1) is 18.8 Å². The van der Waals surface area contributed by atoms with Gasteiger partial charge in [0.2, 0.25) is 0 Å². The smallest absolute Gasteiger partial charge is 0.462 e. The van der Waals surface area contributed by atoms with Gasteiger partial charge in [0.25, 0.3) is 0 Å². The van der Waals surface area contributed by atoms with Crippen LogP contribution in [0, 0.1) is 0 Å². The number of phosphoric ester groups is 1. The molecule has 1 fully saturated rings. The van der Waals surface area contributed by atoms with E-state index < -0.39 is 32.5 Å². The second-order valence-corrected chi connectivity index (χ2v) is 15.9. The van der Waals surface area contributed by atoms with Crippen LogP contribution in [0.5, 0.6) is 0 Å². The Hall–Kier alpha value is -2.29. The van der Waals surface area contributed by atoms with Crippen molar-refractivity contribution in [2.45, 2.75) is 199 Å². The summed E-state index contributed by atoms with van der Waals surface area (Å²) in [5.41, 5.74) is 0. The molecule has 0 radical (unpaired) electrons. The molecule has 1 rings (SSSR count). The maximum Gasteiger partial charge on any atom is 0.469 e. The van der Waals surface area contributed by atoms with Gasteiger partial charge in [0.15, 0.2) is 6.10 Å². The summed E-state index contributed by atoms with van der Waals surface area (Å²) < 4.78 is 32.1. The molecule has 1 aliphatic rings. The fraction of sp³-hybridized carbons (Fsp3) is 0.733. The topological polar surface area (TPSA) is 132 Å². The van der Waals surface area contributed by atoms with Crippen LogP contribution in [0.15, 0.2) is 60.8 Å². The van der Waals surface area contributed by atoms with Gasteiger partial charge in [-0.25, -0.2) is 4.57 Å². The van der Waals surface area contributed by atoms with Crippen molar-refractivity contribution < 1.29 is 42.7 Å². The van der Waals surface area contributed by atoms with E-state index >= 15 is 0 Å². The highest BCUT2D eigenvalue weighted by Gasteiger charge is 2.36. The molecule has 0 amide bonds. The van der Waals surface area contributed by atoms with Crippen LogP contribution < -0.4 is 0 Å². The van der Waals surface area contributed by atoms with Crippen LogP contribution in [0.4, 0.5) is 0 Å². The molecule has 1 heterocycles. The lowest BCUT2D eigenvalue weighted by atomic mass is 10.1. The molecular formula is C45H77O9P. The first-order valence-corrected chi connectivity index (χ1v) is 23.2. The molecule has 2 unspecified atom stereocenters. The highest BCUT2D eigenvalue weighted by molar-refractivity contribution is 7.46. The summed E-state index contributed by atoms with van der Waals surface area (Å²) in [6.07, 6.45) is 48.3. The second kappa shape index (κ2) is 36.1. The molecule has 0 spiro atoms. The highest BCUT2D eigenvalue weighted by atomic mass is 31.2. The van der Waals surface area contributed by atoms with E-state index in [1.165, 1.54) is 77.0 Å². The van der Waals surface area contributed by atoms with Gasteiger partial charge in [0, 0.05) is 12.8 Å². The number of ether oxygens (including phenoxy) is 3. The molecule has 0 bridgehead atoms. The van der Waals surface area contributed by atoms with E-state index in [2.05, 4.69) is 73.1 Å². The van der Waals surface area contributed by atoms with E-state index in [1.807, 2.05) is 6.08 Å². The van der Waals surface area contributed by atoms with Crippen molar-refractivity contribution in [3.05, 3.63) is 60.8 Å². The largest absolute Gasteiger partial charge is 0.469 e. The number of carbonyl (C=O) groups is 2. The Morgan fingerprint density at radius 1 is 0.564 bits per heavy atom. The SMILES string of the molecule is CCCCC/C=C\C/C=C\CCCCCCCCCCCC(=O)O[C@H](COC(=O)CCC/C=C\C/C=C\CC1OC1C/C=C\CCCCC)COP(=O)(O)O. The maximum absolute atomic E-state index is 12.4. The summed E-state index contributed by atoms with van der Waals surface area (Å²) in [4.78, 5) is 42.9. The summed E-state index contributed by atoms with van der Waals surface area (Å²) >= 11 is 0. The van der Waals surface area contributed by atoms with Crippen molar-refractivity contribution in [1.82, 2.24) is 0 Å². The fourth-order valence-electron chi connectivity index (χ4n) is 6.02. The zero-order chi connectivity index (χ0) is 40.1. The Labute approximate surface area is 334 Å². The minimum atomic E-state index is -4.78. The molecule has 0 aromatic heterocycles. The molecule has 9 nitrogen and oxygen atoms in total. The molecule has 10 heteroatoms. The van der Waals surface area contributed by atoms with Crippen LogP contribution in [0.1, 0.15) is 181 Å². The first kappa shape index (κ1) is 50.7. The first-order chi connectivity index (χ1) is 26.7. The predicted molar refractivity (Wildman–Crippen MR) is 225 cm³/mol. The number of epoxide rings is 1. The number of unbranched alkanes of at least 4 members (excludes halogenated alkanes) is 16. The standard InChI is InChI=1S/C45H77O9P/c1-3-5-7-9-11-12-13-14-15-16-17-18-19-20-21-22-25-30-34-38-45(47)53-41(40-52-55(48,49)50)39-51-44(46)37-33-29-26-23-24-28-32-36-43-42(54-43)35-31-27-10-8-6-4-2/h11-12,14-15,23,26-28,31-32,41-43H,3-10,13,16-22,24-25,29-30,33-40H2,1-2H3,(H2,48,49,50)/b12-11-,15-14-,26-23-,31-27-,32-28-/t41-,42?,43?/m1/s1. The third-order valence-corrected chi connectivity index (χ3v) is 9.90. The van der Waals surface area contributed by atoms with Crippen LogP contribution >= 0.6 is 7.82 Å². The van der Waals surface area contributed by atoms with Crippen LogP contribution in [-0.2, 0) is 32.9 Å². The van der Waals surface area contributed by atoms with Crippen LogP contribution in [-0.4, -0.2) is 53.3 Å². The number of phosphoric acid groups is 1. The normalized spacial score (nSPS) is 16.7. The number of allylic oxidation sites excluding steroid dienone is 8. The van der Waals surface area contributed by atoms with Gasteiger partial charge >= 0.3 is 19.8 Å². The molecule has 316 valence electrons. The van der Waals surface area contributed by atoms with Gasteiger partial charge in [0.1, 0.15) is 6.61 Å². The lowest BCUT2D eigenvalue weighted by Crippen LogP contribution is -2.29. The zero-order valence-corrected chi connectivity index (χ0v) is 35.4. The molecule has 0 aromatic rings. The first-order valence-electron chi connectivity index (χ1n) is 21.7. The molecule has 55 heavy (non-hydrogen) atoms. The Morgan fingerprint density at radius 2 is 1.00 bits per heavy atom. The van der Waals surface area contributed by atoms with Crippen LogP contribution in [0.2, 0.25) is 0 Å². The molecule has 0 aromatic carbocycles. The molecule has 2 N–H and O–H groups in total. The molecule has 1 aliphatic heterocycles. The number of hydrogen-bond acceptors (Lipinski definition) is 7. The van der Waals surface area contributed by atoms with Crippen molar-refractivity contribution in [3.63, 3.8) is 0 Å². The average Bonchev–Trinajstić information content (AvgIpc) is 3.91. The van der Waals surface area contributed by atoms with E-state index in [0.29, 0.717) is 25.0 Å². The highest BCUT2D eigenvalue weighted by Crippen LogP contribution is 2.36. The van der Waals surface area contributed by atoms with E-state index in [4.69, 9.17) is 24.0 Å². The van der Waals surface area contributed by atoms with E-state index in [0.717, 1.165) is 64.2 Å². The summed E-state index contributed by atoms with van der Waals surface area (Å²) in [6.45, 7) is 3.57. The second-order valence-electron chi connectivity index (χ2n) is 14.7. The maximum atomic E-state index is 12.4. The van der Waals surface area contributed by atoms with Crippen molar-refractivity contribution in [2.75, 3.05) is 13.2 Å². The number of hydrogen-bond donors (Lipinski definition) is 2. The molecular weight excluding hydrogens is 715 g/mol. The van der Waals surface area contributed by atoms with Gasteiger partial charge in [-0.3, -0.25) is 14.1 Å². The van der Waals surface area contributed by atoms with E-state index in [-0.39, 0.29) is 19.4 Å². The predicted octanol–water partition coefficient (Wildman–Crippen LogP) is 12.3. The van der Waals surface area contributed by atoms with Gasteiger partial charge in [-0.1, -0.05) is 145 Å². The minimum Gasteiger partial charge on any atom is -0.462 e. The zero-order valence-electron chi connectivity index (χ0n) is 34.5. The Morgan fingerprint density at radius 3 is 1.55 bits per heavy atom. The van der Waals surface area contributed by atoms with Crippen molar-refractivity contribution in [2.24, 2.45) is 0 Å². The summed E-state index contributed by atoms with van der Waals surface area (Å²) in [5, 5.41) is 0. The Kier molecular flexibility index (Phi) is 33.3. The Balaban J connectivity index is 2.09. The van der Waals surface area contributed by atoms with E-state index in [1.54, 1.807) is 0 Å². The molecule has 0 saturated carbocycles. The van der Waals surface area contributed by atoms with Crippen molar-refractivity contribution >= 4 is 19.8 Å². The van der Waals surface area contributed by atoms with Gasteiger partial charge in [-0.2, -0.15) is 0 Å². The average molecular weight is 793 g/mol. The molecule has 1 saturated heterocycles. The summed E-state index contributed by atoms with van der Waals surface area (Å²) in [5.74, 6) is -0.963. The van der Waals surface area contributed by atoms with Crippen LogP contribution in [0.25, 0.3) is 0 Å². The fourth-order valence-corrected chi connectivity index (χ4v) is 6.39. The van der Waals surface area contributed by atoms with Gasteiger partial charge in [-0.15, -0.1) is 0 Å². The minimum absolute atomic E-state index is 0.183. The molecule has 0 aliphatic carbocycles. The molecule has 3 atom stereocenters. The number of rotatable bonds is 38. The summed E-state index contributed by atoms with van der Waals surface area (Å²) in [6, 6.07) is 0. The number of esters is 2. The third-order valence-electron chi connectivity index (χ3n) is 9.41. The lowest BCUT2D eigenvalue weighted by Gasteiger charge is -2.18. The monoisotopic (exact) mass is 793 g/mol. The lowest BCUT2D eigenvalue weighted by molar-refractivity contribution is -0.161. The quantitative estimate of drug-likeness (QED) is 0.0206. The van der Waals surface area contributed by atoms with Gasteiger partial charge < -0.3 is 24.0 Å².